The third kappa shape index (κ3) is 4.71. The predicted octanol–water partition coefficient (Wildman–Crippen LogP) is 3.03. The second kappa shape index (κ2) is 6.59. The molecule has 0 amide bonds. The number of carboxylic acid groups (broad SMARTS) is 1. The zero-order chi connectivity index (χ0) is 12.0. The standard InChI is InChI=1S/C13H18O2S/c1-10(16)7-8-12(13(14)15)9-11-5-3-2-4-6-11/h2-6,10,12,16H,7-9H2,1H3,(H,14,15). The third-order valence-corrected chi connectivity index (χ3v) is 2.87. The Kier molecular flexibility index (Phi) is 5.39. The molecule has 3 heteroatoms. The maximum atomic E-state index is 11.1. The normalized spacial score (nSPS) is 14.4. The third-order valence-electron chi connectivity index (χ3n) is 2.61. The van der Waals surface area contributed by atoms with E-state index in [0.29, 0.717) is 12.8 Å². The monoisotopic (exact) mass is 238 g/mol. The highest BCUT2D eigenvalue weighted by molar-refractivity contribution is 7.80. The predicted molar refractivity (Wildman–Crippen MR) is 69.0 cm³/mol. The Hall–Kier alpha value is -0.960. The lowest BCUT2D eigenvalue weighted by atomic mass is 9.94. The summed E-state index contributed by atoms with van der Waals surface area (Å²) in [5, 5.41) is 9.38. The molecule has 0 saturated heterocycles. The molecule has 1 N–H and O–H groups in total. The van der Waals surface area contributed by atoms with Crippen LogP contribution in [0.3, 0.4) is 0 Å². The van der Waals surface area contributed by atoms with Crippen LogP contribution in [0.1, 0.15) is 25.3 Å². The lowest BCUT2D eigenvalue weighted by Gasteiger charge is -2.13. The van der Waals surface area contributed by atoms with Gasteiger partial charge < -0.3 is 5.11 Å². The second-order valence-electron chi connectivity index (χ2n) is 4.15. The maximum absolute atomic E-state index is 11.1. The van der Waals surface area contributed by atoms with Gasteiger partial charge >= 0.3 is 5.97 Å². The molecule has 0 aliphatic rings. The van der Waals surface area contributed by atoms with Crippen LogP contribution in [0.25, 0.3) is 0 Å². The fourth-order valence-electron chi connectivity index (χ4n) is 1.65. The van der Waals surface area contributed by atoms with Crippen LogP contribution in [-0.2, 0) is 11.2 Å². The van der Waals surface area contributed by atoms with Crippen molar-refractivity contribution < 1.29 is 9.90 Å². The first-order valence-corrected chi connectivity index (χ1v) is 6.06. The van der Waals surface area contributed by atoms with Gasteiger partial charge in [0.25, 0.3) is 0 Å². The molecule has 0 bridgehead atoms. The Labute approximate surface area is 102 Å². The number of benzene rings is 1. The summed E-state index contributed by atoms with van der Waals surface area (Å²) in [6, 6.07) is 9.76. The average Bonchev–Trinajstić information content (AvgIpc) is 2.25. The van der Waals surface area contributed by atoms with Gasteiger partial charge in [-0.15, -0.1) is 0 Å². The van der Waals surface area contributed by atoms with E-state index in [1.807, 2.05) is 37.3 Å². The minimum absolute atomic E-state index is 0.262. The van der Waals surface area contributed by atoms with Gasteiger partial charge in [0.1, 0.15) is 0 Å². The van der Waals surface area contributed by atoms with Gasteiger partial charge in [-0.25, -0.2) is 0 Å². The quantitative estimate of drug-likeness (QED) is 0.747. The van der Waals surface area contributed by atoms with Crippen LogP contribution in [0, 0.1) is 5.92 Å². The van der Waals surface area contributed by atoms with Crippen LogP contribution in [0.5, 0.6) is 0 Å². The lowest BCUT2D eigenvalue weighted by Crippen LogP contribution is -2.17. The summed E-state index contributed by atoms with van der Waals surface area (Å²) in [5.41, 5.74) is 1.08. The molecule has 88 valence electrons. The zero-order valence-electron chi connectivity index (χ0n) is 9.47. The highest BCUT2D eigenvalue weighted by Gasteiger charge is 2.18. The summed E-state index contributed by atoms with van der Waals surface area (Å²) in [6.45, 7) is 1.99. The molecule has 0 saturated carbocycles. The molecule has 0 heterocycles. The highest BCUT2D eigenvalue weighted by atomic mass is 32.1. The van der Waals surface area contributed by atoms with E-state index in [-0.39, 0.29) is 11.2 Å². The van der Waals surface area contributed by atoms with Gasteiger partial charge in [0.2, 0.25) is 0 Å². The van der Waals surface area contributed by atoms with Gasteiger partial charge in [-0.3, -0.25) is 4.79 Å². The topological polar surface area (TPSA) is 37.3 Å². The van der Waals surface area contributed by atoms with E-state index < -0.39 is 5.97 Å². The molecule has 0 spiro atoms. The van der Waals surface area contributed by atoms with Crippen molar-refractivity contribution in [1.29, 1.82) is 0 Å². The molecule has 0 aliphatic heterocycles. The number of carbonyl (C=O) groups is 1. The van der Waals surface area contributed by atoms with E-state index in [0.717, 1.165) is 12.0 Å². The second-order valence-corrected chi connectivity index (χ2v) is 5.03. The van der Waals surface area contributed by atoms with Crippen molar-refractivity contribution in [2.45, 2.75) is 31.4 Å². The zero-order valence-corrected chi connectivity index (χ0v) is 10.4. The molecule has 2 unspecified atom stereocenters. The van der Waals surface area contributed by atoms with Gasteiger partial charge in [-0.1, -0.05) is 37.3 Å². The Morgan fingerprint density at radius 1 is 1.31 bits per heavy atom. The fourth-order valence-corrected chi connectivity index (χ4v) is 1.80. The molecule has 0 radical (unpaired) electrons. The Balaban J connectivity index is 2.55. The number of thiol groups is 1. The Morgan fingerprint density at radius 3 is 2.44 bits per heavy atom. The molecule has 0 fully saturated rings. The average molecular weight is 238 g/mol. The van der Waals surface area contributed by atoms with Crippen molar-refractivity contribution in [3.8, 4) is 0 Å². The van der Waals surface area contributed by atoms with Crippen LogP contribution >= 0.6 is 12.6 Å². The van der Waals surface area contributed by atoms with Crippen LogP contribution in [-0.4, -0.2) is 16.3 Å². The van der Waals surface area contributed by atoms with Crippen LogP contribution in [0.15, 0.2) is 30.3 Å². The van der Waals surface area contributed by atoms with E-state index in [2.05, 4.69) is 12.6 Å². The van der Waals surface area contributed by atoms with E-state index in [1.165, 1.54) is 0 Å². The van der Waals surface area contributed by atoms with Crippen molar-refractivity contribution in [3.05, 3.63) is 35.9 Å². The molecule has 2 nitrogen and oxygen atoms in total. The van der Waals surface area contributed by atoms with Crippen molar-refractivity contribution in [2.75, 3.05) is 0 Å². The molecular formula is C13H18O2S. The van der Waals surface area contributed by atoms with Crippen molar-refractivity contribution in [1.82, 2.24) is 0 Å². The molecule has 1 aromatic carbocycles. The maximum Gasteiger partial charge on any atom is 0.306 e. The molecule has 1 aromatic rings. The van der Waals surface area contributed by atoms with Gasteiger partial charge in [0.05, 0.1) is 5.92 Å². The van der Waals surface area contributed by atoms with Crippen LogP contribution < -0.4 is 0 Å². The lowest BCUT2D eigenvalue weighted by molar-refractivity contribution is -0.141. The number of aliphatic carboxylic acids is 1. The minimum atomic E-state index is -0.710. The summed E-state index contributed by atoms with van der Waals surface area (Å²) in [6.07, 6.45) is 2.14. The fraction of sp³-hybridized carbons (Fsp3) is 0.462. The molecule has 0 aromatic heterocycles. The SMILES string of the molecule is CC(S)CCC(Cc1ccccc1)C(=O)O. The largest absolute Gasteiger partial charge is 0.481 e. The summed E-state index contributed by atoms with van der Waals surface area (Å²) in [7, 11) is 0. The first-order chi connectivity index (χ1) is 7.59. The number of hydrogen-bond donors (Lipinski definition) is 2. The molecule has 1 rings (SSSR count). The van der Waals surface area contributed by atoms with Crippen molar-refractivity contribution >= 4 is 18.6 Å². The van der Waals surface area contributed by atoms with Gasteiger partial charge in [0, 0.05) is 0 Å². The van der Waals surface area contributed by atoms with Gasteiger partial charge in [-0.05, 0) is 30.1 Å². The molecule has 0 aliphatic carbocycles. The van der Waals surface area contributed by atoms with Crippen LogP contribution in [0.2, 0.25) is 0 Å². The van der Waals surface area contributed by atoms with Crippen LogP contribution in [0.4, 0.5) is 0 Å². The van der Waals surface area contributed by atoms with Crippen molar-refractivity contribution in [2.24, 2.45) is 5.92 Å². The Morgan fingerprint density at radius 2 is 1.94 bits per heavy atom. The van der Waals surface area contributed by atoms with Gasteiger partial charge in [0.15, 0.2) is 0 Å². The summed E-state index contributed by atoms with van der Waals surface area (Å²) in [5.74, 6) is -1.00. The first kappa shape index (κ1) is 13.1. The highest BCUT2D eigenvalue weighted by Crippen LogP contribution is 2.17. The number of carboxylic acids is 1. The van der Waals surface area contributed by atoms with E-state index in [1.54, 1.807) is 0 Å². The Bertz CT molecular complexity index is 322. The summed E-state index contributed by atoms with van der Waals surface area (Å²) in [4.78, 5) is 11.1. The van der Waals surface area contributed by atoms with E-state index >= 15 is 0 Å². The van der Waals surface area contributed by atoms with E-state index in [4.69, 9.17) is 5.11 Å². The van der Waals surface area contributed by atoms with E-state index in [9.17, 15) is 4.79 Å². The molecule has 16 heavy (non-hydrogen) atoms. The summed E-state index contributed by atoms with van der Waals surface area (Å²) < 4.78 is 0. The number of hydrogen-bond acceptors (Lipinski definition) is 2. The first-order valence-electron chi connectivity index (χ1n) is 5.54. The molecular weight excluding hydrogens is 220 g/mol. The van der Waals surface area contributed by atoms with Gasteiger partial charge in [-0.2, -0.15) is 12.6 Å². The molecule has 2 atom stereocenters. The van der Waals surface area contributed by atoms with Crippen molar-refractivity contribution in [3.63, 3.8) is 0 Å². The summed E-state index contributed by atoms with van der Waals surface area (Å²) >= 11 is 4.27. The minimum Gasteiger partial charge on any atom is -0.481 e. The smallest absolute Gasteiger partial charge is 0.306 e. The number of rotatable bonds is 6.